The maximum Gasteiger partial charge on any atom is 0.328 e. The predicted molar refractivity (Wildman–Crippen MR) is 51.7 cm³/mol. The molecule has 14 heavy (non-hydrogen) atoms. The van der Waals surface area contributed by atoms with Gasteiger partial charge in [-0.05, 0) is 12.0 Å². The largest absolute Gasteiger partial charge is 0.480 e. The lowest BCUT2D eigenvalue weighted by Crippen LogP contribution is -2.33. The quantitative estimate of drug-likeness (QED) is 0.790. The first-order valence-electron chi connectivity index (χ1n) is 4.37. The van der Waals surface area contributed by atoms with Crippen molar-refractivity contribution in [1.82, 2.24) is 0 Å². The van der Waals surface area contributed by atoms with Gasteiger partial charge in [-0.1, -0.05) is 37.3 Å². The molecule has 1 rings (SSSR count). The zero-order valence-electron chi connectivity index (χ0n) is 7.90. The van der Waals surface area contributed by atoms with Gasteiger partial charge in [0.25, 0.3) is 0 Å². The van der Waals surface area contributed by atoms with Crippen LogP contribution in [0.15, 0.2) is 30.3 Å². The molecule has 0 aromatic heterocycles. The Balaban J connectivity index is 3.27. The lowest BCUT2D eigenvalue weighted by molar-refractivity contribution is -0.141. The second-order valence-electron chi connectivity index (χ2n) is 3.04. The van der Waals surface area contributed by atoms with Gasteiger partial charge < -0.3 is 5.11 Å². The van der Waals surface area contributed by atoms with Crippen LogP contribution in [0.1, 0.15) is 18.9 Å². The molecule has 0 spiro atoms. The summed E-state index contributed by atoms with van der Waals surface area (Å²) >= 11 is 0. The van der Waals surface area contributed by atoms with E-state index in [-0.39, 0.29) is 6.42 Å². The van der Waals surface area contributed by atoms with E-state index in [0.29, 0.717) is 5.56 Å². The SMILES string of the molecule is CC[C@](C#N)(C(=O)O)c1ccccc1. The van der Waals surface area contributed by atoms with Crippen molar-refractivity contribution in [1.29, 1.82) is 5.26 Å². The standard InChI is InChI=1S/C11H11NO2/c1-2-11(8-12,10(13)14)9-6-4-3-5-7-9/h3-7H,2H2,1H3,(H,13,14)/t11-/m1/s1. The van der Waals surface area contributed by atoms with Gasteiger partial charge in [-0.2, -0.15) is 5.26 Å². The highest BCUT2D eigenvalue weighted by Gasteiger charge is 2.38. The molecule has 1 aromatic rings. The zero-order valence-corrected chi connectivity index (χ0v) is 7.90. The maximum atomic E-state index is 11.1. The molecule has 0 aliphatic heterocycles. The van der Waals surface area contributed by atoms with Crippen LogP contribution in [0, 0.1) is 11.3 Å². The molecule has 0 bridgehead atoms. The van der Waals surface area contributed by atoms with Crippen LogP contribution >= 0.6 is 0 Å². The number of carboxylic acids is 1. The van der Waals surface area contributed by atoms with Crippen LogP contribution in [0.2, 0.25) is 0 Å². The van der Waals surface area contributed by atoms with E-state index in [1.54, 1.807) is 37.3 Å². The van der Waals surface area contributed by atoms with Crippen molar-refractivity contribution in [3.05, 3.63) is 35.9 Å². The van der Waals surface area contributed by atoms with Gasteiger partial charge in [0.1, 0.15) is 0 Å². The normalized spacial score (nSPS) is 14.0. The molecule has 72 valence electrons. The Hall–Kier alpha value is -1.82. The summed E-state index contributed by atoms with van der Waals surface area (Å²) in [5, 5.41) is 18.0. The van der Waals surface area contributed by atoms with E-state index < -0.39 is 11.4 Å². The van der Waals surface area contributed by atoms with Gasteiger partial charge in [-0.3, -0.25) is 4.79 Å². The third kappa shape index (κ3) is 1.47. The van der Waals surface area contributed by atoms with Crippen LogP contribution in [0.3, 0.4) is 0 Å². The highest BCUT2D eigenvalue weighted by atomic mass is 16.4. The molecule has 0 heterocycles. The molecular weight excluding hydrogens is 178 g/mol. The van der Waals surface area contributed by atoms with Gasteiger partial charge in [0.2, 0.25) is 0 Å². The van der Waals surface area contributed by atoms with E-state index >= 15 is 0 Å². The molecule has 3 heteroatoms. The number of nitrogens with zero attached hydrogens (tertiary/aromatic N) is 1. The fraction of sp³-hybridized carbons (Fsp3) is 0.273. The topological polar surface area (TPSA) is 61.1 Å². The van der Waals surface area contributed by atoms with Crippen LogP contribution < -0.4 is 0 Å². The van der Waals surface area contributed by atoms with Crippen molar-refractivity contribution in [2.24, 2.45) is 0 Å². The van der Waals surface area contributed by atoms with Crippen LogP contribution in [-0.2, 0) is 10.2 Å². The Kier molecular flexibility index (Phi) is 2.88. The third-order valence-electron chi connectivity index (χ3n) is 2.35. The summed E-state index contributed by atoms with van der Waals surface area (Å²) in [6.07, 6.45) is 0.267. The van der Waals surface area contributed by atoms with E-state index in [1.807, 2.05) is 6.07 Å². The molecule has 1 atom stereocenters. The van der Waals surface area contributed by atoms with E-state index in [9.17, 15) is 4.79 Å². The van der Waals surface area contributed by atoms with Crippen molar-refractivity contribution in [2.75, 3.05) is 0 Å². The minimum Gasteiger partial charge on any atom is -0.480 e. The van der Waals surface area contributed by atoms with Crippen molar-refractivity contribution >= 4 is 5.97 Å². The summed E-state index contributed by atoms with van der Waals surface area (Å²) in [5.41, 5.74) is -0.862. The van der Waals surface area contributed by atoms with Gasteiger partial charge >= 0.3 is 5.97 Å². The lowest BCUT2D eigenvalue weighted by atomic mass is 9.80. The van der Waals surface area contributed by atoms with Crippen molar-refractivity contribution in [3.63, 3.8) is 0 Å². The summed E-state index contributed by atoms with van der Waals surface area (Å²) < 4.78 is 0. The Labute approximate surface area is 82.6 Å². The fourth-order valence-electron chi connectivity index (χ4n) is 1.39. The molecule has 0 radical (unpaired) electrons. The van der Waals surface area contributed by atoms with E-state index in [2.05, 4.69) is 0 Å². The molecule has 0 saturated carbocycles. The molecule has 0 fully saturated rings. The number of aliphatic carboxylic acids is 1. The van der Waals surface area contributed by atoms with Gasteiger partial charge in [-0.15, -0.1) is 0 Å². The minimum absolute atomic E-state index is 0.267. The van der Waals surface area contributed by atoms with Crippen LogP contribution in [0.5, 0.6) is 0 Å². The molecule has 0 aliphatic rings. The Morgan fingerprint density at radius 1 is 1.50 bits per heavy atom. The number of rotatable bonds is 3. The maximum absolute atomic E-state index is 11.1. The highest BCUT2D eigenvalue weighted by molar-refractivity contribution is 5.85. The van der Waals surface area contributed by atoms with Gasteiger partial charge in [0.05, 0.1) is 6.07 Å². The summed E-state index contributed by atoms with van der Waals surface area (Å²) in [4.78, 5) is 11.1. The molecule has 0 aliphatic carbocycles. The summed E-state index contributed by atoms with van der Waals surface area (Å²) in [6.45, 7) is 1.70. The van der Waals surface area contributed by atoms with Crippen molar-refractivity contribution in [3.8, 4) is 6.07 Å². The van der Waals surface area contributed by atoms with Crippen LogP contribution in [-0.4, -0.2) is 11.1 Å². The molecule has 1 aromatic carbocycles. The molecule has 0 saturated heterocycles. The number of hydrogen-bond acceptors (Lipinski definition) is 2. The van der Waals surface area contributed by atoms with Crippen LogP contribution in [0.25, 0.3) is 0 Å². The van der Waals surface area contributed by atoms with E-state index in [4.69, 9.17) is 10.4 Å². The fourth-order valence-corrected chi connectivity index (χ4v) is 1.39. The molecule has 0 unspecified atom stereocenters. The first-order valence-corrected chi connectivity index (χ1v) is 4.37. The first-order chi connectivity index (χ1) is 6.67. The number of carbonyl (C=O) groups is 1. The average Bonchev–Trinajstić information content (AvgIpc) is 2.22. The Bertz CT molecular complexity index is 367. The van der Waals surface area contributed by atoms with Crippen molar-refractivity contribution in [2.45, 2.75) is 18.8 Å². The third-order valence-corrected chi connectivity index (χ3v) is 2.35. The molecule has 0 amide bonds. The minimum atomic E-state index is -1.40. The number of hydrogen-bond donors (Lipinski definition) is 1. The van der Waals surface area contributed by atoms with E-state index in [1.165, 1.54) is 0 Å². The number of carboxylic acid groups (broad SMARTS) is 1. The Morgan fingerprint density at radius 2 is 2.07 bits per heavy atom. The molecule has 3 nitrogen and oxygen atoms in total. The lowest BCUT2D eigenvalue weighted by Gasteiger charge is -2.19. The second kappa shape index (κ2) is 3.93. The second-order valence-corrected chi connectivity index (χ2v) is 3.04. The first kappa shape index (κ1) is 10.3. The smallest absolute Gasteiger partial charge is 0.328 e. The number of nitriles is 1. The summed E-state index contributed by atoms with van der Waals surface area (Å²) in [6, 6.07) is 10.5. The predicted octanol–water partition coefficient (Wildman–Crippen LogP) is 1.94. The molecular formula is C11H11NO2. The summed E-state index contributed by atoms with van der Waals surface area (Å²) in [7, 11) is 0. The van der Waals surface area contributed by atoms with Crippen LogP contribution in [0.4, 0.5) is 0 Å². The highest BCUT2D eigenvalue weighted by Crippen LogP contribution is 2.27. The molecule has 1 N–H and O–H groups in total. The summed E-state index contributed by atoms with van der Waals surface area (Å²) in [5.74, 6) is -1.09. The van der Waals surface area contributed by atoms with Gasteiger partial charge in [-0.25, -0.2) is 0 Å². The van der Waals surface area contributed by atoms with Gasteiger partial charge in [0.15, 0.2) is 5.41 Å². The van der Waals surface area contributed by atoms with E-state index in [0.717, 1.165) is 0 Å². The number of benzene rings is 1. The average molecular weight is 189 g/mol. The van der Waals surface area contributed by atoms with Crippen molar-refractivity contribution < 1.29 is 9.90 Å². The van der Waals surface area contributed by atoms with Gasteiger partial charge in [0, 0.05) is 0 Å². The monoisotopic (exact) mass is 189 g/mol. The Morgan fingerprint density at radius 3 is 2.43 bits per heavy atom. The zero-order chi connectivity index (χ0) is 10.6.